The van der Waals surface area contributed by atoms with Crippen LogP contribution in [0.1, 0.15) is 12.0 Å². The molecular weight excluding hydrogens is 264 g/mol. The molecule has 0 heterocycles. The number of hydrogen-bond acceptors (Lipinski definition) is 4. The topological polar surface area (TPSA) is 81.5 Å². The Labute approximate surface area is 126 Å². The number of allylic oxidation sites excluding steroid dienone is 3. The minimum absolute atomic E-state index is 0.0235. The molecule has 4 nitrogen and oxygen atoms in total. The molecule has 0 saturated carbocycles. The van der Waals surface area contributed by atoms with Crippen molar-refractivity contribution in [2.24, 2.45) is 11.5 Å². The molecule has 4 heteroatoms. The number of benzene rings is 1. The molecule has 0 aliphatic heterocycles. The SMILES string of the molecule is C=C(/C=C\C(N)=C/CN)CCc1ccc(OCCO)cc1. The largest absolute Gasteiger partial charge is 0.491 e. The van der Waals surface area contributed by atoms with Gasteiger partial charge in [0.25, 0.3) is 0 Å². The molecular formula is C17H24N2O2. The van der Waals surface area contributed by atoms with Gasteiger partial charge in [-0.25, -0.2) is 0 Å². The molecule has 5 N–H and O–H groups in total. The smallest absolute Gasteiger partial charge is 0.119 e. The van der Waals surface area contributed by atoms with Crippen LogP contribution in [0.4, 0.5) is 0 Å². The molecule has 0 saturated heterocycles. The summed E-state index contributed by atoms with van der Waals surface area (Å²) in [6.45, 7) is 4.79. The average Bonchev–Trinajstić information content (AvgIpc) is 2.50. The Morgan fingerprint density at radius 2 is 1.95 bits per heavy atom. The highest BCUT2D eigenvalue weighted by molar-refractivity contribution is 5.29. The Morgan fingerprint density at radius 3 is 2.57 bits per heavy atom. The molecule has 0 bridgehead atoms. The zero-order valence-electron chi connectivity index (χ0n) is 12.3. The lowest BCUT2D eigenvalue weighted by molar-refractivity contribution is 0.201. The average molecular weight is 288 g/mol. The summed E-state index contributed by atoms with van der Waals surface area (Å²) in [5.41, 5.74) is 14.0. The molecule has 21 heavy (non-hydrogen) atoms. The second kappa shape index (κ2) is 9.80. The number of hydrogen-bond donors (Lipinski definition) is 3. The molecule has 0 amide bonds. The summed E-state index contributed by atoms with van der Waals surface area (Å²) in [5.74, 6) is 0.770. The fourth-order valence-electron chi connectivity index (χ4n) is 1.72. The Hall–Kier alpha value is -2.04. The lowest BCUT2D eigenvalue weighted by Gasteiger charge is -2.06. The summed E-state index contributed by atoms with van der Waals surface area (Å²) in [5, 5.41) is 8.69. The van der Waals surface area contributed by atoms with Gasteiger partial charge in [-0.2, -0.15) is 0 Å². The van der Waals surface area contributed by atoms with Crippen molar-refractivity contribution in [3.8, 4) is 5.75 Å². The molecule has 114 valence electrons. The highest BCUT2D eigenvalue weighted by atomic mass is 16.5. The van der Waals surface area contributed by atoms with E-state index >= 15 is 0 Å². The number of rotatable bonds is 9. The number of aliphatic hydroxyl groups excluding tert-OH is 1. The van der Waals surface area contributed by atoms with E-state index in [-0.39, 0.29) is 6.61 Å². The molecule has 0 aliphatic rings. The Morgan fingerprint density at radius 1 is 1.24 bits per heavy atom. The minimum atomic E-state index is 0.0235. The van der Waals surface area contributed by atoms with Crippen molar-refractivity contribution in [2.45, 2.75) is 12.8 Å². The quantitative estimate of drug-likeness (QED) is 0.606. The Balaban J connectivity index is 2.41. The molecule has 0 radical (unpaired) electrons. The van der Waals surface area contributed by atoms with Gasteiger partial charge in [0, 0.05) is 12.2 Å². The standard InChI is InChI=1S/C17H24N2O2/c1-14(3-7-16(19)10-11-18)2-4-15-5-8-17(9-6-15)21-13-12-20/h3,5-10,20H,1-2,4,11-13,18-19H2/b7-3-,16-10+. The Kier molecular flexibility index (Phi) is 7.94. The maximum absolute atomic E-state index is 8.69. The van der Waals surface area contributed by atoms with Gasteiger partial charge >= 0.3 is 0 Å². The number of aliphatic hydroxyl groups is 1. The van der Waals surface area contributed by atoms with Gasteiger partial charge in [-0.15, -0.1) is 0 Å². The van der Waals surface area contributed by atoms with Gasteiger partial charge < -0.3 is 21.3 Å². The maximum atomic E-state index is 8.69. The van der Waals surface area contributed by atoms with Gasteiger partial charge in [0.1, 0.15) is 12.4 Å². The van der Waals surface area contributed by atoms with Crippen LogP contribution >= 0.6 is 0 Å². The first-order valence-corrected chi connectivity index (χ1v) is 7.00. The summed E-state index contributed by atoms with van der Waals surface area (Å²) >= 11 is 0. The van der Waals surface area contributed by atoms with Gasteiger partial charge in [-0.3, -0.25) is 0 Å². The zero-order chi connectivity index (χ0) is 15.5. The van der Waals surface area contributed by atoms with Crippen LogP contribution in [0.25, 0.3) is 0 Å². The first-order valence-electron chi connectivity index (χ1n) is 7.00. The van der Waals surface area contributed by atoms with E-state index in [1.807, 2.05) is 36.4 Å². The van der Waals surface area contributed by atoms with Crippen LogP contribution in [-0.2, 0) is 6.42 Å². The van der Waals surface area contributed by atoms with Crippen LogP contribution in [0, 0.1) is 0 Å². The van der Waals surface area contributed by atoms with Crippen molar-refractivity contribution in [3.63, 3.8) is 0 Å². The van der Waals surface area contributed by atoms with E-state index in [2.05, 4.69) is 6.58 Å². The number of nitrogens with two attached hydrogens (primary N) is 2. The summed E-state index contributed by atoms with van der Waals surface area (Å²) in [6.07, 6.45) is 7.27. The molecule has 0 spiro atoms. The molecule has 0 fully saturated rings. The first-order chi connectivity index (χ1) is 10.2. The second-order valence-corrected chi connectivity index (χ2v) is 4.65. The van der Waals surface area contributed by atoms with E-state index in [1.165, 1.54) is 5.56 Å². The van der Waals surface area contributed by atoms with E-state index in [1.54, 1.807) is 6.08 Å². The van der Waals surface area contributed by atoms with Crippen LogP contribution in [0.3, 0.4) is 0 Å². The van der Waals surface area contributed by atoms with Crippen molar-refractivity contribution in [1.82, 2.24) is 0 Å². The summed E-state index contributed by atoms with van der Waals surface area (Å²) in [7, 11) is 0. The highest BCUT2D eigenvalue weighted by Gasteiger charge is 1.97. The van der Waals surface area contributed by atoms with Crippen LogP contribution in [0.2, 0.25) is 0 Å². The van der Waals surface area contributed by atoms with E-state index in [0.717, 1.165) is 24.2 Å². The van der Waals surface area contributed by atoms with Gasteiger partial charge in [-0.1, -0.05) is 30.4 Å². The molecule has 0 aromatic heterocycles. The van der Waals surface area contributed by atoms with Gasteiger partial charge in [0.05, 0.1) is 6.61 Å². The predicted octanol–water partition coefficient (Wildman–Crippen LogP) is 1.90. The molecule has 0 aliphatic carbocycles. The minimum Gasteiger partial charge on any atom is -0.491 e. The summed E-state index contributed by atoms with van der Waals surface area (Å²) in [6, 6.07) is 7.86. The number of aryl methyl sites for hydroxylation is 1. The third kappa shape index (κ3) is 7.34. The Bertz CT molecular complexity index is 490. The lowest BCUT2D eigenvalue weighted by atomic mass is 10.0. The maximum Gasteiger partial charge on any atom is 0.119 e. The van der Waals surface area contributed by atoms with Crippen molar-refractivity contribution >= 4 is 0 Å². The van der Waals surface area contributed by atoms with E-state index in [0.29, 0.717) is 18.8 Å². The summed E-state index contributed by atoms with van der Waals surface area (Å²) in [4.78, 5) is 0. The lowest BCUT2D eigenvalue weighted by Crippen LogP contribution is -2.01. The van der Waals surface area contributed by atoms with Gasteiger partial charge in [0.2, 0.25) is 0 Å². The third-order valence-corrected chi connectivity index (χ3v) is 2.88. The molecule has 0 unspecified atom stereocenters. The summed E-state index contributed by atoms with van der Waals surface area (Å²) < 4.78 is 5.31. The van der Waals surface area contributed by atoms with Crippen molar-refractivity contribution < 1.29 is 9.84 Å². The van der Waals surface area contributed by atoms with Gasteiger partial charge in [0.15, 0.2) is 0 Å². The zero-order valence-corrected chi connectivity index (χ0v) is 12.3. The van der Waals surface area contributed by atoms with Crippen molar-refractivity contribution in [3.05, 3.63) is 65.9 Å². The fraction of sp³-hybridized carbons (Fsp3) is 0.294. The van der Waals surface area contributed by atoms with Gasteiger partial charge in [-0.05, 0) is 42.7 Å². The van der Waals surface area contributed by atoms with Crippen molar-refractivity contribution in [1.29, 1.82) is 0 Å². The van der Waals surface area contributed by atoms with E-state index < -0.39 is 0 Å². The highest BCUT2D eigenvalue weighted by Crippen LogP contribution is 2.15. The van der Waals surface area contributed by atoms with Crippen LogP contribution in [0.5, 0.6) is 5.75 Å². The normalized spacial score (nSPS) is 11.8. The van der Waals surface area contributed by atoms with Crippen LogP contribution in [0.15, 0.2) is 60.3 Å². The fourth-order valence-corrected chi connectivity index (χ4v) is 1.72. The first kappa shape index (κ1) is 17.0. The third-order valence-electron chi connectivity index (χ3n) is 2.88. The van der Waals surface area contributed by atoms with Crippen molar-refractivity contribution in [2.75, 3.05) is 19.8 Å². The van der Waals surface area contributed by atoms with E-state index in [4.69, 9.17) is 21.3 Å². The second-order valence-electron chi connectivity index (χ2n) is 4.65. The predicted molar refractivity (Wildman–Crippen MR) is 86.9 cm³/mol. The van der Waals surface area contributed by atoms with Crippen LogP contribution in [-0.4, -0.2) is 24.9 Å². The molecule has 1 aromatic rings. The monoisotopic (exact) mass is 288 g/mol. The molecule has 1 rings (SSSR count). The van der Waals surface area contributed by atoms with Crippen LogP contribution < -0.4 is 16.2 Å². The molecule has 1 aromatic carbocycles. The number of ether oxygens (including phenoxy) is 1. The molecule has 0 atom stereocenters. The van der Waals surface area contributed by atoms with E-state index in [9.17, 15) is 0 Å².